The summed E-state index contributed by atoms with van der Waals surface area (Å²) in [6.45, 7) is 0.305. The topological polar surface area (TPSA) is 52.3 Å². The molecule has 0 bridgehead atoms. The van der Waals surface area contributed by atoms with Crippen LogP contribution in [0.2, 0.25) is 0 Å². The molecule has 0 saturated heterocycles. The summed E-state index contributed by atoms with van der Waals surface area (Å²) in [4.78, 5) is 10.7. The molecule has 92 valence electrons. The van der Waals surface area contributed by atoms with Gasteiger partial charge in [-0.3, -0.25) is 4.79 Å². The summed E-state index contributed by atoms with van der Waals surface area (Å²) < 4.78 is 5.60. The SMILES string of the molecule is NC(=O)CCOc1ccccc1-c1ccccc1. The zero-order valence-corrected chi connectivity index (χ0v) is 10.0. The van der Waals surface area contributed by atoms with Crippen LogP contribution in [0, 0.1) is 0 Å². The summed E-state index contributed by atoms with van der Waals surface area (Å²) in [5, 5.41) is 0. The highest BCUT2D eigenvalue weighted by Gasteiger charge is 2.05. The van der Waals surface area contributed by atoms with Gasteiger partial charge in [-0.15, -0.1) is 0 Å². The van der Waals surface area contributed by atoms with E-state index in [4.69, 9.17) is 10.5 Å². The first-order valence-corrected chi connectivity index (χ1v) is 5.83. The van der Waals surface area contributed by atoms with E-state index < -0.39 is 0 Å². The Kier molecular flexibility index (Phi) is 3.97. The van der Waals surface area contributed by atoms with Gasteiger partial charge in [0.05, 0.1) is 13.0 Å². The fourth-order valence-corrected chi connectivity index (χ4v) is 1.71. The van der Waals surface area contributed by atoms with Crippen molar-refractivity contribution in [2.24, 2.45) is 5.73 Å². The minimum absolute atomic E-state index is 0.225. The molecule has 0 saturated carbocycles. The van der Waals surface area contributed by atoms with E-state index in [2.05, 4.69) is 0 Å². The number of ether oxygens (including phenoxy) is 1. The van der Waals surface area contributed by atoms with E-state index in [1.807, 2.05) is 54.6 Å². The molecule has 0 unspecified atom stereocenters. The van der Waals surface area contributed by atoms with Crippen molar-refractivity contribution in [3.63, 3.8) is 0 Å². The molecule has 18 heavy (non-hydrogen) atoms. The second kappa shape index (κ2) is 5.87. The van der Waals surface area contributed by atoms with Crippen molar-refractivity contribution in [1.82, 2.24) is 0 Å². The first kappa shape index (κ1) is 12.2. The average Bonchev–Trinajstić information content (AvgIpc) is 2.40. The molecule has 0 aliphatic carbocycles. The monoisotopic (exact) mass is 241 g/mol. The van der Waals surface area contributed by atoms with Crippen LogP contribution in [-0.2, 0) is 4.79 Å². The van der Waals surface area contributed by atoms with Gasteiger partial charge in [0.2, 0.25) is 5.91 Å². The van der Waals surface area contributed by atoms with Gasteiger partial charge in [-0.25, -0.2) is 0 Å². The zero-order chi connectivity index (χ0) is 12.8. The summed E-state index contributed by atoms with van der Waals surface area (Å²) >= 11 is 0. The molecule has 2 aromatic carbocycles. The van der Waals surface area contributed by atoms with Crippen LogP contribution in [0.4, 0.5) is 0 Å². The average molecular weight is 241 g/mol. The van der Waals surface area contributed by atoms with Crippen LogP contribution in [0.5, 0.6) is 5.75 Å². The van der Waals surface area contributed by atoms with Crippen molar-refractivity contribution in [3.05, 3.63) is 54.6 Å². The Balaban J connectivity index is 2.18. The third-order valence-electron chi connectivity index (χ3n) is 2.58. The molecule has 3 nitrogen and oxygen atoms in total. The maximum atomic E-state index is 10.7. The van der Waals surface area contributed by atoms with E-state index in [1.54, 1.807) is 0 Å². The lowest BCUT2D eigenvalue weighted by atomic mass is 10.1. The van der Waals surface area contributed by atoms with E-state index in [0.717, 1.165) is 16.9 Å². The molecule has 1 amide bonds. The number of hydrogen-bond donors (Lipinski definition) is 1. The van der Waals surface area contributed by atoms with E-state index >= 15 is 0 Å². The van der Waals surface area contributed by atoms with Crippen molar-refractivity contribution in [2.75, 3.05) is 6.61 Å². The van der Waals surface area contributed by atoms with Crippen LogP contribution in [0.25, 0.3) is 11.1 Å². The zero-order valence-electron chi connectivity index (χ0n) is 10.0. The second-order valence-corrected chi connectivity index (χ2v) is 3.93. The van der Waals surface area contributed by atoms with Crippen molar-refractivity contribution >= 4 is 5.91 Å². The molecule has 0 aromatic heterocycles. The number of nitrogens with two attached hydrogens (primary N) is 1. The largest absolute Gasteiger partial charge is 0.492 e. The number of hydrogen-bond acceptors (Lipinski definition) is 2. The Morgan fingerprint density at radius 1 is 1.00 bits per heavy atom. The third kappa shape index (κ3) is 3.10. The normalized spacial score (nSPS) is 10.0. The predicted molar refractivity (Wildman–Crippen MR) is 71.2 cm³/mol. The smallest absolute Gasteiger partial charge is 0.220 e. The van der Waals surface area contributed by atoms with Gasteiger partial charge < -0.3 is 10.5 Å². The number of carbonyl (C=O) groups is 1. The number of benzene rings is 2. The molecule has 0 heterocycles. The Morgan fingerprint density at radius 2 is 1.67 bits per heavy atom. The standard InChI is InChI=1S/C15H15NO2/c16-15(17)10-11-18-14-9-5-4-8-13(14)12-6-2-1-3-7-12/h1-9H,10-11H2,(H2,16,17). The molecule has 0 aliphatic heterocycles. The van der Waals surface area contributed by atoms with Crippen LogP contribution < -0.4 is 10.5 Å². The lowest BCUT2D eigenvalue weighted by molar-refractivity contribution is -0.118. The maximum absolute atomic E-state index is 10.7. The number of para-hydroxylation sites is 1. The minimum atomic E-state index is -0.354. The summed E-state index contributed by atoms with van der Waals surface area (Å²) in [5.41, 5.74) is 7.19. The lowest BCUT2D eigenvalue weighted by Crippen LogP contribution is -2.14. The molecular weight excluding hydrogens is 226 g/mol. The van der Waals surface area contributed by atoms with Gasteiger partial charge in [0.25, 0.3) is 0 Å². The van der Waals surface area contributed by atoms with Gasteiger partial charge in [-0.05, 0) is 11.6 Å². The number of carbonyl (C=O) groups excluding carboxylic acids is 1. The molecule has 0 aliphatic rings. The van der Waals surface area contributed by atoms with Gasteiger partial charge in [0.15, 0.2) is 0 Å². The Labute approximate surface area is 106 Å². The number of rotatable bonds is 5. The van der Waals surface area contributed by atoms with Gasteiger partial charge in [0.1, 0.15) is 5.75 Å². The fraction of sp³-hybridized carbons (Fsp3) is 0.133. The molecule has 0 atom stereocenters. The van der Waals surface area contributed by atoms with Crippen LogP contribution in [0.3, 0.4) is 0 Å². The quantitative estimate of drug-likeness (QED) is 0.874. The van der Waals surface area contributed by atoms with Crippen LogP contribution >= 0.6 is 0 Å². The Morgan fingerprint density at radius 3 is 2.39 bits per heavy atom. The van der Waals surface area contributed by atoms with E-state index in [1.165, 1.54) is 0 Å². The molecule has 2 N–H and O–H groups in total. The van der Waals surface area contributed by atoms with Crippen LogP contribution in [0.1, 0.15) is 6.42 Å². The molecule has 0 radical (unpaired) electrons. The van der Waals surface area contributed by atoms with Crippen LogP contribution in [-0.4, -0.2) is 12.5 Å². The summed E-state index contributed by atoms with van der Waals surface area (Å²) in [6, 6.07) is 17.7. The fourth-order valence-electron chi connectivity index (χ4n) is 1.71. The predicted octanol–water partition coefficient (Wildman–Crippen LogP) is 2.61. The van der Waals surface area contributed by atoms with Crippen molar-refractivity contribution < 1.29 is 9.53 Å². The van der Waals surface area contributed by atoms with E-state index in [-0.39, 0.29) is 12.3 Å². The summed E-state index contributed by atoms with van der Waals surface area (Å²) in [5.74, 6) is 0.414. The van der Waals surface area contributed by atoms with Gasteiger partial charge in [-0.1, -0.05) is 48.5 Å². The molecule has 2 rings (SSSR count). The molecule has 0 fully saturated rings. The molecule has 0 spiro atoms. The van der Waals surface area contributed by atoms with Gasteiger partial charge >= 0.3 is 0 Å². The third-order valence-corrected chi connectivity index (χ3v) is 2.58. The first-order valence-electron chi connectivity index (χ1n) is 5.83. The van der Waals surface area contributed by atoms with Crippen molar-refractivity contribution in [3.8, 4) is 16.9 Å². The first-order chi connectivity index (χ1) is 8.77. The Hall–Kier alpha value is -2.29. The number of amides is 1. The summed E-state index contributed by atoms with van der Waals surface area (Å²) in [7, 11) is 0. The molecule has 3 heteroatoms. The van der Waals surface area contributed by atoms with Crippen LogP contribution in [0.15, 0.2) is 54.6 Å². The van der Waals surface area contributed by atoms with Gasteiger partial charge in [-0.2, -0.15) is 0 Å². The minimum Gasteiger partial charge on any atom is -0.492 e. The second-order valence-electron chi connectivity index (χ2n) is 3.93. The Bertz CT molecular complexity index is 523. The van der Waals surface area contributed by atoms with Gasteiger partial charge in [0, 0.05) is 5.56 Å². The maximum Gasteiger partial charge on any atom is 0.220 e. The highest BCUT2D eigenvalue weighted by atomic mass is 16.5. The van der Waals surface area contributed by atoms with E-state index in [0.29, 0.717) is 6.61 Å². The van der Waals surface area contributed by atoms with Crippen molar-refractivity contribution in [2.45, 2.75) is 6.42 Å². The van der Waals surface area contributed by atoms with E-state index in [9.17, 15) is 4.79 Å². The van der Waals surface area contributed by atoms with Crippen molar-refractivity contribution in [1.29, 1.82) is 0 Å². The molecular formula is C15H15NO2. The number of primary amides is 1. The summed E-state index contributed by atoms with van der Waals surface area (Å²) in [6.07, 6.45) is 0.225. The highest BCUT2D eigenvalue weighted by molar-refractivity contribution is 5.74. The molecule has 2 aromatic rings. The highest BCUT2D eigenvalue weighted by Crippen LogP contribution is 2.29. The lowest BCUT2D eigenvalue weighted by Gasteiger charge is -2.10.